The van der Waals surface area contributed by atoms with E-state index in [0.717, 1.165) is 24.6 Å². The van der Waals surface area contributed by atoms with E-state index in [4.69, 9.17) is 0 Å². The lowest BCUT2D eigenvalue weighted by Gasteiger charge is -2.34. The number of amides is 1. The average molecular weight is 284 g/mol. The molecule has 1 aliphatic heterocycles. The third kappa shape index (κ3) is 2.96. The number of anilines is 1. The Labute approximate surface area is 122 Å². The molecule has 0 N–H and O–H groups in total. The summed E-state index contributed by atoms with van der Waals surface area (Å²) < 4.78 is 0. The number of carbonyl (C=O) groups is 1. The molecule has 0 saturated carbocycles. The fourth-order valence-electron chi connectivity index (χ4n) is 2.26. The van der Waals surface area contributed by atoms with Crippen molar-refractivity contribution in [2.75, 3.05) is 31.1 Å². The number of piperazine rings is 1. The van der Waals surface area contributed by atoms with E-state index < -0.39 is 0 Å². The highest BCUT2D eigenvalue weighted by molar-refractivity contribution is 5.92. The summed E-state index contributed by atoms with van der Waals surface area (Å²) in [5.74, 6) is 0.779. The molecule has 0 spiro atoms. The van der Waals surface area contributed by atoms with Crippen molar-refractivity contribution in [3.8, 4) is 0 Å². The van der Waals surface area contributed by atoms with E-state index in [-0.39, 0.29) is 5.91 Å². The van der Waals surface area contributed by atoms with E-state index in [9.17, 15) is 4.79 Å². The van der Waals surface area contributed by atoms with Gasteiger partial charge in [0.15, 0.2) is 0 Å². The van der Waals surface area contributed by atoms with Gasteiger partial charge >= 0.3 is 0 Å². The Kier molecular flexibility index (Phi) is 3.72. The first-order valence-electron chi connectivity index (χ1n) is 6.83. The second kappa shape index (κ2) is 5.82. The van der Waals surface area contributed by atoms with E-state index in [1.54, 1.807) is 29.7 Å². The maximum Gasteiger partial charge on any atom is 0.274 e. The summed E-state index contributed by atoms with van der Waals surface area (Å²) in [6.45, 7) is 4.62. The number of hydrogen-bond acceptors (Lipinski definition) is 6. The molecule has 7 heteroatoms. The van der Waals surface area contributed by atoms with Crippen LogP contribution in [0, 0.1) is 6.92 Å². The predicted molar refractivity (Wildman–Crippen MR) is 76.9 cm³/mol. The standard InChI is InChI=1S/C14H16N6O/c1-11-8-18-12(9-17-11)14(21)20-6-4-19(5-7-20)13-10-15-2-3-16-13/h2-3,8-10H,4-7H2,1H3. The van der Waals surface area contributed by atoms with Gasteiger partial charge in [-0.05, 0) is 6.92 Å². The molecule has 1 amide bonds. The van der Waals surface area contributed by atoms with Crippen LogP contribution in [-0.4, -0.2) is 56.9 Å². The minimum atomic E-state index is -0.0682. The normalized spacial score (nSPS) is 15.1. The van der Waals surface area contributed by atoms with Crippen molar-refractivity contribution in [2.24, 2.45) is 0 Å². The van der Waals surface area contributed by atoms with Gasteiger partial charge in [-0.2, -0.15) is 0 Å². The molecule has 3 rings (SSSR count). The van der Waals surface area contributed by atoms with E-state index in [1.165, 1.54) is 6.20 Å². The van der Waals surface area contributed by atoms with E-state index in [2.05, 4.69) is 24.8 Å². The van der Waals surface area contributed by atoms with Gasteiger partial charge < -0.3 is 9.80 Å². The maximum atomic E-state index is 12.3. The summed E-state index contributed by atoms with van der Waals surface area (Å²) >= 11 is 0. The van der Waals surface area contributed by atoms with E-state index >= 15 is 0 Å². The second-order valence-electron chi connectivity index (χ2n) is 4.89. The summed E-state index contributed by atoms with van der Waals surface area (Å²) in [5, 5.41) is 0. The summed E-state index contributed by atoms with van der Waals surface area (Å²) in [5.41, 5.74) is 1.20. The molecule has 0 atom stereocenters. The number of hydrogen-bond donors (Lipinski definition) is 0. The zero-order chi connectivity index (χ0) is 14.7. The summed E-state index contributed by atoms with van der Waals surface area (Å²) in [6.07, 6.45) is 8.22. The SMILES string of the molecule is Cc1cnc(C(=O)N2CCN(c3cnccn3)CC2)cn1. The molecule has 7 nitrogen and oxygen atoms in total. The van der Waals surface area contributed by atoms with Gasteiger partial charge in [0.25, 0.3) is 5.91 Å². The Morgan fingerprint density at radius 3 is 2.43 bits per heavy atom. The Balaban J connectivity index is 1.63. The molecule has 108 valence electrons. The van der Waals surface area contributed by atoms with Crippen molar-refractivity contribution >= 4 is 11.7 Å². The van der Waals surface area contributed by atoms with Crippen LogP contribution in [0.4, 0.5) is 5.82 Å². The summed E-state index contributed by atoms with van der Waals surface area (Å²) in [6, 6.07) is 0. The van der Waals surface area contributed by atoms with Crippen molar-refractivity contribution in [3.05, 3.63) is 42.4 Å². The number of aromatic nitrogens is 4. The third-order valence-electron chi connectivity index (χ3n) is 3.44. The maximum absolute atomic E-state index is 12.3. The van der Waals surface area contributed by atoms with Crippen LogP contribution in [-0.2, 0) is 0 Å². The van der Waals surface area contributed by atoms with Crippen LogP contribution < -0.4 is 4.90 Å². The number of aryl methyl sites for hydroxylation is 1. The van der Waals surface area contributed by atoms with Gasteiger partial charge in [-0.15, -0.1) is 0 Å². The van der Waals surface area contributed by atoms with Gasteiger partial charge in [0, 0.05) is 44.8 Å². The van der Waals surface area contributed by atoms with Crippen molar-refractivity contribution in [2.45, 2.75) is 6.92 Å². The van der Waals surface area contributed by atoms with Gasteiger partial charge in [-0.1, -0.05) is 0 Å². The average Bonchev–Trinajstić information content (AvgIpc) is 2.56. The Morgan fingerprint density at radius 2 is 1.81 bits per heavy atom. The monoisotopic (exact) mass is 284 g/mol. The zero-order valence-electron chi connectivity index (χ0n) is 11.8. The molecule has 1 fully saturated rings. The summed E-state index contributed by atoms with van der Waals surface area (Å²) in [7, 11) is 0. The fourth-order valence-corrected chi connectivity index (χ4v) is 2.26. The molecular formula is C14H16N6O. The number of nitrogens with zero attached hydrogens (tertiary/aromatic N) is 6. The molecule has 0 aliphatic carbocycles. The van der Waals surface area contributed by atoms with Gasteiger partial charge in [-0.25, -0.2) is 9.97 Å². The Hall–Kier alpha value is -2.57. The second-order valence-corrected chi connectivity index (χ2v) is 4.89. The van der Waals surface area contributed by atoms with Gasteiger partial charge in [-0.3, -0.25) is 14.8 Å². The van der Waals surface area contributed by atoms with Crippen LogP contribution in [0.15, 0.2) is 31.0 Å². The lowest BCUT2D eigenvalue weighted by Crippen LogP contribution is -2.49. The lowest BCUT2D eigenvalue weighted by atomic mass is 10.2. The van der Waals surface area contributed by atoms with E-state index in [1.807, 2.05) is 6.92 Å². The topological polar surface area (TPSA) is 75.1 Å². The molecule has 0 radical (unpaired) electrons. The quantitative estimate of drug-likeness (QED) is 0.801. The smallest absolute Gasteiger partial charge is 0.274 e. The van der Waals surface area contributed by atoms with Crippen LogP contribution in [0.1, 0.15) is 16.2 Å². The Morgan fingerprint density at radius 1 is 1.00 bits per heavy atom. The predicted octanol–water partition coefficient (Wildman–Crippen LogP) is 0.537. The van der Waals surface area contributed by atoms with Crippen molar-refractivity contribution in [1.82, 2.24) is 24.8 Å². The van der Waals surface area contributed by atoms with Crippen LogP contribution in [0.3, 0.4) is 0 Å². The minimum Gasteiger partial charge on any atom is -0.352 e. The largest absolute Gasteiger partial charge is 0.352 e. The van der Waals surface area contributed by atoms with Crippen LogP contribution in [0.2, 0.25) is 0 Å². The van der Waals surface area contributed by atoms with Crippen LogP contribution in [0.25, 0.3) is 0 Å². The van der Waals surface area contributed by atoms with Crippen molar-refractivity contribution in [1.29, 1.82) is 0 Å². The molecule has 21 heavy (non-hydrogen) atoms. The number of rotatable bonds is 2. The first kappa shape index (κ1) is 13.4. The molecule has 3 heterocycles. The van der Waals surface area contributed by atoms with Gasteiger partial charge in [0.2, 0.25) is 0 Å². The van der Waals surface area contributed by atoms with Crippen molar-refractivity contribution in [3.63, 3.8) is 0 Å². The zero-order valence-corrected chi connectivity index (χ0v) is 11.8. The molecule has 0 unspecified atom stereocenters. The lowest BCUT2D eigenvalue weighted by molar-refractivity contribution is 0.0740. The molecule has 0 aromatic carbocycles. The molecule has 0 bridgehead atoms. The van der Waals surface area contributed by atoms with Crippen LogP contribution >= 0.6 is 0 Å². The van der Waals surface area contributed by atoms with Crippen LogP contribution in [0.5, 0.6) is 0 Å². The Bertz CT molecular complexity index is 607. The molecule has 1 saturated heterocycles. The molecule has 2 aromatic rings. The minimum absolute atomic E-state index is 0.0682. The van der Waals surface area contributed by atoms with Crippen molar-refractivity contribution < 1.29 is 4.79 Å². The molecule has 1 aliphatic rings. The first-order valence-corrected chi connectivity index (χ1v) is 6.83. The van der Waals surface area contributed by atoms with E-state index in [0.29, 0.717) is 18.8 Å². The third-order valence-corrected chi connectivity index (χ3v) is 3.44. The highest BCUT2D eigenvalue weighted by Crippen LogP contribution is 2.12. The highest BCUT2D eigenvalue weighted by atomic mass is 16.2. The first-order chi connectivity index (χ1) is 10.2. The number of carbonyl (C=O) groups excluding carboxylic acids is 1. The fraction of sp³-hybridized carbons (Fsp3) is 0.357. The highest BCUT2D eigenvalue weighted by Gasteiger charge is 2.23. The summed E-state index contributed by atoms with van der Waals surface area (Å²) in [4.78, 5) is 32.9. The molecular weight excluding hydrogens is 268 g/mol. The molecule has 2 aromatic heterocycles. The van der Waals surface area contributed by atoms with Gasteiger partial charge in [0.05, 0.1) is 18.1 Å². The van der Waals surface area contributed by atoms with Gasteiger partial charge in [0.1, 0.15) is 11.5 Å².